The predicted octanol–water partition coefficient (Wildman–Crippen LogP) is -0.228. The van der Waals surface area contributed by atoms with Crippen LogP contribution in [-0.4, -0.2) is 24.1 Å². The van der Waals surface area contributed by atoms with Crippen LogP contribution in [0.1, 0.15) is 11.5 Å². The van der Waals surface area contributed by atoms with Gasteiger partial charge in [0.05, 0.1) is 13.7 Å². The molecular formula is C8H10N2O4. The number of hydrogen-bond acceptors (Lipinski definition) is 5. The Kier molecular flexibility index (Phi) is 3.22. The molecular weight excluding hydrogens is 188 g/mol. The van der Waals surface area contributed by atoms with Crippen LogP contribution in [0.2, 0.25) is 0 Å². The Balaban J connectivity index is 2.41. The van der Waals surface area contributed by atoms with Gasteiger partial charge < -0.3 is 14.6 Å². The Bertz CT molecular complexity index is 345. The lowest BCUT2D eigenvalue weighted by molar-refractivity contribution is -0.152. The average Bonchev–Trinajstić information content (AvgIpc) is 2.59. The molecule has 1 amide bonds. The number of carbonyl (C=O) groups is 2. The highest BCUT2D eigenvalue weighted by Crippen LogP contribution is 2.00. The van der Waals surface area contributed by atoms with Gasteiger partial charge in [0, 0.05) is 6.07 Å². The first-order valence-corrected chi connectivity index (χ1v) is 3.92. The first-order chi connectivity index (χ1) is 6.63. The maximum Gasteiger partial charge on any atom is 0.396 e. The van der Waals surface area contributed by atoms with Gasteiger partial charge in [-0.3, -0.25) is 4.79 Å². The number of rotatable bonds is 2. The molecule has 0 bridgehead atoms. The van der Waals surface area contributed by atoms with E-state index in [-0.39, 0.29) is 6.54 Å². The number of aryl methyl sites for hydroxylation is 1. The van der Waals surface area contributed by atoms with Crippen LogP contribution in [0.4, 0.5) is 0 Å². The molecule has 1 heterocycles. The summed E-state index contributed by atoms with van der Waals surface area (Å²) in [6, 6.07) is 1.66. The third-order valence-corrected chi connectivity index (χ3v) is 1.48. The lowest BCUT2D eigenvalue weighted by Crippen LogP contribution is -2.31. The molecule has 76 valence electrons. The molecule has 6 nitrogen and oxygen atoms in total. The molecule has 6 heteroatoms. The zero-order chi connectivity index (χ0) is 10.6. The minimum atomic E-state index is -0.926. The summed E-state index contributed by atoms with van der Waals surface area (Å²) in [5, 5.41) is 5.96. The van der Waals surface area contributed by atoms with Crippen molar-refractivity contribution in [1.82, 2.24) is 10.5 Å². The van der Waals surface area contributed by atoms with Crippen LogP contribution in [0.5, 0.6) is 0 Å². The maximum absolute atomic E-state index is 10.9. The van der Waals surface area contributed by atoms with Crippen LogP contribution in [0.25, 0.3) is 0 Å². The summed E-state index contributed by atoms with van der Waals surface area (Å²) in [4.78, 5) is 21.6. The molecule has 0 unspecified atom stereocenters. The molecule has 0 aromatic carbocycles. The molecule has 0 aliphatic rings. The Morgan fingerprint density at radius 1 is 1.64 bits per heavy atom. The van der Waals surface area contributed by atoms with Crippen LogP contribution in [0, 0.1) is 6.92 Å². The third kappa shape index (κ3) is 2.58. The first-order valence-electron chi connectivity index (χ1n) is 3.92. The topological polar surface area (TPSA) is 81.4 Å². The fraction of sp³-hybridized carbons (Fsp3) is 0.375. The van der Waals surface area contributed by atoms with Crippen LogP contribution >= 0.6 is 0 Å². The van der Waals surface area contributed by atoms with E-state index >= 15 is 0 Å². The molecule has 0 spiro atoms. The summed E-state index contributed by atoms with van der Waals surface area (Å²) in [5.41, 5.74) is 0.555. The van der Waals surface area contributed by atoms with Crippen LogP contribution in [0.15, 0.2) is 10.6 Å². The molecule has 0 aliphatic heterocycles. The standard InChI is InChI=1S/C8H10N2O4/c1-5-3-6(10-14-5)4-9-7(11)8(12)13-2/h3H,4H2,1-2H3,(H,9,11). The number of aromatic nitrogens is 1. The Morgan fingerprint density at radius 3 is 2.86 bits per heavy atom. The molecule has 1 aromatic rings. The van der Waals surface area contributed by atoms with Gasteiger partial charge in [-0.05, 0) is 6.92 Å². The van der Waals surface area contributed by atoms with Crippen molar-refractivity contribution in [3.8, 4) is 0 Å². The number of hydrogen-bond donors (Lipinski definition) is 1. The number of amides is 1. The monoisotopic (exact) mass is 198 g/mol. The van der Waals surface area contributed by atoms with Gasteiger partial charge >= 0.3 is 11.9 Å². The Labute approximate surface area is 80.2 Å². The minimum absolute atomic E-state index is 0.144. The van der Waals surface area contributed by atoms with E-state index in [0.717, 1.165) is 7.11 Å². The average molecular weight is 198 g/mol. The van der Waals surface area contributed by atoms with Crippen molar-refractivity contribution in [3.05, 3.63) is 17.5 Å². The van der Waals surface area contributed by atoms with Crippen molar-refractivity contribution in [2.45, 2.75) is 13.5 Å². The number of carbonyl (C=O) groups excluding carboxylic acids is 2. The molecule has 0 aliphatic carbocycles. The Hall–Kier alpha value is -1.85. The van der Waals surface area contributed by atoms with E-state index in [1.165, 1.54) is 0 Å². The van der Waals surface area contributed by atoms with Gasteiger partial charge in [0.25, 0.3) is 0 Å². The van der Waals surface area contributed by atoms with Gasteiger partial charge in [0.1, 0.15) is 11.5 Å². The summed E-state index contributed by atoms with van der Waals surface area (Å²) in [5.74, 6) is -1.08. The molecule has 1 rings (SSSR count). The van der Waals surface area contributed by atoms with E-state index < -0.39 is 11.9 Å². The van der Waals surface area contributed by atoms with Crippen molar-refractivity contribution in [2.24, 2.45) is 0 Å². The highest BCUT2D eigenvalue weighted by Gasteiger charge is 2.13. The summed E-state index contributed by atoms with van der Waals surface area (Å²) < 4.78 is 8.98. The van der Waals surface area contributed by atoms with Crippen LogP contribution in [0.3, 0.4) is 0 Å². The number of ether oxygens (including phenoxy) is 1. The zero-order valence-electron chi connectivity index (χ0n) is 7.86. The SMILES string of the molecule is COC(=O)C(=O)NCc1cc(C)on1. The maximum atomic E-state index is 10.9. The fourth-order valence-electron chi connectivity index (χ4n) is 0.837. The molecule has 0 radical (unpaired) electrons. The van der Waals surface area contributed by atoms with Crippen LogP contribution < -0.4 is 5.32 Å². The summed E-state index contributed by atoms with van der Waals surface area (Å²) >= 11 is 0. The molecule has 0 saturated heterocycles. The number of nitrogens with zero attached hydrogens (tertiary/aromatic N) is 1. The van der Waals surface area contributed by atoms with Crippen molar-refractivity contribution in [1.29, 1.82) is 0 Å². The molecule has 0 saturated carbocycles. The van der Waals surface area contributed by atoms with E-state index in [1.54, 1.807) is 13.0 Å². The van der Waals surface area contributed by atoms with Gasteiger partial charge in [-0.15, -0.1) is 0 Å². The van der Waals surface area contributed by atoms with E-state index in [1.807, 2.05) is 0 Å². The van der Waals surface area contributed by atoms with Gasteiger partial charge in [-0.1, -0.05) is 5.16 Å². The van der Waals surface area contributed by atoms with Crippen molar-refractivity contribution in [2.75, 3.05) is 7.11 Å². The predicted molar refractivity (Wildman–Crippen MR) is 45.1 cm³/mol. The number of nitrogens with one attached hydrogen (secondary N) is 1. The number of esters is 1. The van der Waals surface area contributed by atoms with Crippen molar-refractivity contribution >= 4 is 11.9 Å². The van der Waals surface area contributed by atoms with E-state index in [2.05, 4.69) is 15.2 Å². The largest absolute Gasteiger partial charge is 0.462 e. The second kappa shape index (κ2) is 4.40. The van der Waals surface area contributed by atoms with Crippen molar-refractivity contribution < 1.29 is 18.8 Å². The molecule has 0 fully saturated rings. The van der Waals surface area contributed by atoms with Crippen LogP contribution in [-0.2, 0) is 20.9 Å². The lowest BCUT2D eigenvalue weighted by atomic mass is 10.4. The molecule has 14 heavy (non-hydrogen) atoms. The summed E-state index contributed by atoms with van der Waals surface area (Å²) in [7, 11) is 1.14. The molecule has 0 atom stereocenters. The lowest BCUT2D eigenvalue weighted by Gasteiger charge is -1.99. The third-order valence-electron chi connectivity index (χ3n) is 1.48. The van der Waals surface area contributed by atoms with Gasteiger partial charge in [0.15, 0.2) is 0 Å². The zero-order valence-corrected chi connectivity index (χ0v) is 7.86. The smallest absolute Gasteiger partial charge is 0.396 e. The second-order valence-corrected chi connectivity index (χ2v) is 2.60. The number of methoxy groups -OCH3 is 1. The van der Waals surface area contributed by atoms with E-state index in [4.69, 9.17) is 4.52 Å². The summed E-state index contributed by atoms with van der Waals surface area (Å²) in [6.45, 7) is 1.88. The van der Waals surface area contributed by atoms with E-state index in [9.17, 15) is 9.59 Å². The van der Waals surface area contributed by atoms with Gasteiger partial charge in [-0.2, -0.15) is 0 Å². The van der Waals surface area contributed by atoms with Crippen molar-refractivity contribution in [3.63, 3.8) is 0 Å². The normalized spacial score (nSPS) is 9.57. The molecule has 1 aromatic heterocycles. The van der Waals surface area contributed by atoms with Gasteiger partial charge in [0.2, 0.25) is 0 Å². The minimum Gasteiger partial charge on any atom is -0.462 e. The summed E-state index contributed by atoms with van der Waals surface area (Å²) in [6.07, 6.45) is 0. The quantitative estimate of drug-likeness (QED) is 0.524. The Morgan fingerprint density at radius 2 is 2.36 bits per heavy atom. The highest BCUT2D eigenvalue weighted by molar-refractivity contribution is 6.32. The first kappa shape index (κ1) is 10.2. The van der Waals surface area contributed by atoms with Gasteiger partial charge in [-0.25, -0.2) is 4.79 Å². The molecule has 1 N–H and O–H groups in total. The van der Waals surface area contributed by atoms with E-state index in [0.29, 0.717) is 11.5 Å². The highest BCUT2D eigenvalue weighted by atomic mass is 16.5. The second-order valence-electron chi connectivity index (χ2n) is 2.60. The fourth-order valence-corrected chi connectivity index (χ4v) is 0.837.